The van der Waals surface area contributed by atoms with E-state index < -0.39 is 0 Å². The van der Waals surface area contributed by atoms with Crippen LogP contribution in [0.15, 0.2) is 46.4 Å². The van der Waals surface area contributed by atoms with Gasteiger partial charge in [-0.1, -0.05) is 77.3 Å². The van der Waals surface area contributed by atoms with E-state index in [4.69, 9.17) is 11.6 Å². The monoisotopic (exact) mass is 338 g/mol. The smallest absolute Gasteiger partial charge is 0.0366 e. The number of hydrogen-bond acceptors (Lipinski definition) is 1. The number of allylic oxidation sites excluding steroid dienone is 5. The molecule has 0 bridgehead atoms. The first-order chi connectivity index (χ1) is 10.4. The van der Waals surface area contributed by atoms with Crippen molar-refractivity contribution in [3.63, 3.8) is 0 Å². The van der Waals surface area contributed by atoms with Crippen LogP contribution in [-0.2, 0) is 0 Å². The number of halogens is 1. The van der Waals surface area contributed by atoms with E-state index in [1.54, 1.807) is 0 Å². The molecule has 0 N–H and O–H groups in total. The van der Waals surface area contributed by atoms with Crippen LogP contribution in [0.4, 0.5) is 0 Å². The lowest BCUT2D eigenvalue weighted by Crippen LogP contribution is -2.19. The minimum absolute atomic E-state index is 0.149. The first kappa shape index (κ1) is 19.6. The second kappa shape index (κ2) is 9.03. The summed E-state index contributed by atoms with van der Waals surface area (Å²) < 4.78 is 0. The van der Waals surface area contributed by atoms with Gasteiger partial charge in [-0.3, -0.25) is 0 Å². The fraction of sp³-hybridized carbons (Fsp3) is 0.600. The van der Waals surface area contributed by atoms with Gasteiger partial charge in [-0.15, -0.1) is 18.3 Å². The van der Waals surface area contributed by atoms with E-state index in [-0.39, 0.29) is 5.41 Å². The molecular formula is C20H31ClS. The molecule has 2 unspecified atom stereocenters. The molecule has 0 aromatic heterocycles. The Hall–Kier alpha value is -0.400. The zero-order chi connectivity index (χ0) is 16.8. The van der Waals surface area contributed by atoms with Crippen molar-refractivity contribution in [3.05, 3.63) is 46.4 Å². The summed E-state index contributed by atoms with van der Waals surface area (Å²) in [5.41, 5.74) is 2.24. The lowest BCUT2D eigenvalue weighted by atomic mass is 9.78. The predicted octanol–water partition coefficient (Wildman–Crippen LogP) is 7.48. The van der Waals surface area contributed by atoms with Gasteiger partial charge in [0.05, 0.1) is 0 Å². The van der Waals surface area contributed by atoms with E-state index >= 15 is 0 Å². The first-order valence-corrected chi connectivity index (χ1v) is 9.85. The van der Waals surface area contributed by atoms with Gasteiger partial charge in [0.25, 0.3) is 0 Å². The standard InChI is InChI=1S/C20H31ClS/c1-7-11-16(8-2)14-15(5)18-17(22-10-4)12-13-20(6,9-3)19(18)21/h9,12,16H,3,5,7-8,10-11,13-14H2,1-2,4,6H3. The Balaban J connectivity index is 3.11. The molecule has 0 aliphatic heterocycles. The molecule has 0 saturated heterocycles. The van der Waals surface area contributed by atoms with E-state index in [0.717, 1.165) is 23.6 Å². The molecule has 1 aliphatic rings. The molecular weight excluding hydrogens is 308 g/mol. The molecule has 0 aromatic rings. The number of thioether (sulfide) groups is 1. The minimum Gasteiger partial charge on any atom is -0.126 e. The van der Waals surface area contributed by atoms with Gasteiger partial charge in [0, 0.05) is 20.9 Å². The van der Waals surface area contributed by atoms with Crippen molar-refractivity contribution < 1.29 is 0 Å². The Morgan fingerprint density at radius 1 is 1.45 bits per heavy atom. The van der Waals surface area contributed by atoms with Crippen molar-refractivity contribution >= 4 is 23.4 Å². The Morgan fingerprint density at radius 2 is 2.14 bits per heavy atom. The SMILES string of the molecule is C=CC1(C)CC=C(SCC)C(C(=C)CC(CC)CCC)=C1Cl. The molecule has 0 saturated carbocycles. The summed E-state index contributed by atoms with van der Waals surface area (Å²) in [5.74, 6) is 1.77. The third kappa shape index (κ3) is 4.55. The van der Waals surface area contributed by atoms with Crippen LogP contribution in [0.3, 0.4) is 0 Å². The van der Waals surface area contributed by atoms with Gasteiger partial charge in [0.15, 0.2) is 0 Å². The zero-order valence-corrected chi connectivity index (χ0v) is 16.2. The summed E-state index contributed by atoms with van der Waals surface area (Å²) in [5, 5.41) is 0.928. The van der Waals surface area contributed by atoms with Gasteiger partial charge in [-0.2, -0.15) is 0 Å². The van der Waals surface area contributed by atoms with Gasteiger partial charge >= 0.3 is 0 Å². The van der Waals surface area contributed by atoms with Crippen LogP contribution in [0.5, 0.6) is 0 Å². The molecule has 1 rings (SSSR count). The Morgan fingerprint density at radius 3 is 2.64 bits per heavy atom. The summed E-state index contributed by atoms with van der Waals surface area (Å²) in [4.78, 5) is 1.31. The largest absolute Gasteiger partial charge is 0.126 e. The maximum Gasteiger partial charge on any atom is 0.0366 e. The second-order valence-electron chi connectivity index (χ2n) is 6.39. The molecule has 2 heteroatoms. The summed E-state index contributed by atoms with van der Waals surface area (Å²) in [7, 11) is 0. The molecule has 0 nitrogen and oxygen atoms in total. The highest BCUT2D eigenvalue weighted by Gasteiger charge is 2.32. The molecule has 0 radical (unpaired) electrons. The highest BCUT2D eigenvalue weighted by molar-refractivity contribution is 8.03. The third-order valence-electron chi connectivity index (χ3n) is 4.59. The topological polar surface area (TPSA) is 0 Å². The molecule has 2 atom stereocenters. The molecule has 22 heavy (non-hydrogen) atoms. The summed E-state index contributed by atoms with van der Waals surface area (Å²) in [6.07, 6.45) is 9.98. The molecule has 1 aliphatic carbocycles. The van der Waals surface area contributed by atoms with Crippen LogP contribution in [-0.4, -0.2) is 5.75 Å². The highest BCUT2D eigenvalue weighted by atomic mass is 35.5. The Bertz CT molecular complexity index is 472. The van der Waals surface area contributed by atoms with Crippen molar-refractivity contribution in [2.45, 2.75) is 59.8 Å². The van der Waals surface area contributed by atoms with Crippen molar-refractivity contribution in [3.8, 4) is 0 Å². The Labute approximate surface area is 146 Å². The normalized spacial score (nSPS) is 23.2. The van der Waals surface area contributed by atoms with Crippen LogP contribution in [0.1, 0.15) is 59.8 Å². The second-order valence-corrected chi connectivity index (χ2v) is 8.07. The first-order valence-electron chi connectivity index (χ1n) is 8.48. The van der Waals surface area contributed by atoms with Gasteiger partial charge in [-0.05, 0) is 30.1 Å². The maximum atomic E-state index is 6.81. The van der Waals surface area contributed by atoms with Gasteiger partial charge in [0.2, 0.25) is 0 Å². The summed E-state index contributed by atoms with van der Waals surface area (Å²) in [6, 6.07) is 0. The number of hydrogen-bond donors (Lipinski definition) is 0. The van der Waals surface area contributed by atoms with E-state index in [0.29, 0.717) is 5.92 Å². The van der Waals surface area contributed by atoms with E-state index in [1.165, 1.54) is 35.3 Å². The van der Waals surface area contributed by atoms with Crippen molar-refractivity contribution in [1.82, 2.24) is 0 Å². The molecule has 0 aromatic carbocycles. The minimum atomic E-state index is -0.149. The third-order valence-corrected chi connectivity index (χ3v) is 6.18. The van der Waals surface area contributed by atoms with Gasteiger partial charge < -0.3 is 0 Å². The lowest BCUT2D eigenvalue weighted by Gasteiger charge is -2.33. The summed E-state index contributed by atoms with van der Waals surface area (Å²) >= 11 is 8.69. The van der Waals surface area contributed by atoms with Crippen molar-refractivity contribution in [2.24, 2.45) is 11.3 Å². The molecule has 0 heterocycles. The fourth-order valence-electron chi connectivity index (χ4n) is 2.99. The zero-order valence-electron chi connectivity index (χ0n) is 14.7. The van der Waals surface area contributed by atoms with Crippen molar-refractivity contribution in [2.75, 3.05) is 5.75 Å². The van der Waals surface area contributed by atoms with E-state index in [2.05, 4.69) is 46.9 Å². The predicted molar refractivity (Wildman–Crippen MR) is 104 cm³/mol. The molecule has 0 spiro atoms. The van der Waals surface area contributed by atoms with E-state index in [9.17, 15) is 0 Å². The quantitative estimate of drug-likeness (QED) is 0.392. The average Bonchev–Trinajstić information content (AvgIpc) is 2.51. The highest BCUT2D eigenvalue weighted by Crippen LogP contribution is 2.48. The van der Waals surface area contributed by atoms with Crippen LogP contribution in [0.2, 0.25) is 0 Å². The maximum absolute atomic E-state index is 6.81. The van der Waals surface area contributed by atoms with Gasteiger partial charge in [0.1, 0.15) is 0 Å². The summed E-state index contributed by atoms with van der Waals surface area (Å²) in [6.45, 7) is 17.3. The average molecular weight is 339 g/mol. The van der Waals surface area contributed by atoms with Crippen LogP contribution >= 0.6 is 23.4 Å². The Kier molecular flexibility index (Phi) is 8.07. The molecule has 0 fully saturated rings. The van der Waals surface area contributed by atoms with Crippen LogP contribution < -0.4 is 0 Å². The fourth-order valence-corrected chi connectivity index (χ4v) is 4.34. The molecule has 0 amide bonds. The van der Waals surface area contributed by atoms with Crippen molar-refractivity contribution in [1.29, 1.82) is 0 Å². The lowest BCUT2D eigenvalue weighted by molar-refractivity contribution is 0.461. The van der Waals surface area contributed by atoms with Crippen LogP contribution in [0, 0.1) is 11.3 Å². The molecule has 124 valence electrons. The number of rotatable bonds is 9. The van der Waals surface area contributed by atoms with E-state index in [1.807, 2.05) is 17.8 Å². The van der Waals surface area contributed by atoms with Crippen LogP contribution in [0.25, 0.3) is 0 Å². The van der Waals surface area contributed by atoms with Gasteiger partial charge in [-0.25, -0.2) is 0 Å².